The fourth-order valence-electron chi connectivity index (χ4n) is 5.73. The molecule has 2 heterocycles. The van der Waals surface area contributed by atoms with E-state index in [4.69, 9.17) is 0 Å². The third-order valence-corrected chi connectivity index (χ3v) is 7.44. The number of benzene rings is 1. The average molecular weight is 577 g/mol. The summed E-state index contributed by atoms with van der Waals surface area (Å²) in [6, 6.07) is 8.22. The third kappa shape index (κ3) is 4.71. The number of nitrogens with zero attached hydrogens (tertiary/aromatic N) is 3. The minimum absolute atomic E-state index is 0. The lowest BCUT2D eigenvalue weighted by atomic mass is 9.85. The van der Waals surface area contributed by atoms with Gasteiger partial charge in [0.15, 0.2) is 5.96 Å². The van der Waals surface area contributed by atoms with E-state index in [1.165, 1.54) is 4.90 Å². The Morgan fingerprint density at radius 2 is 1.65 bits per heavy atom. The van der Waals surface area contributed by atoms with Gasteiger partial charge in [-0.25, -0.2) is 0 Å². The first kappa shape index (κ1) is 24.7. The summed E-state index contributed by atoms with van der Waals surface area (Å²) in [5.74, 6) is 1.04. The molecule has 5 rings (SSSR count). The van der Waals surface area contributed by atoms with Crippen molar-refractivity contribution in [3.05, 3.63) is 47.5 Å². The van der Waals surface area contributed by atoms with Crippen LogP contribution in [0.5, 0.6) is 0 Å². The largest absolute Gasteiger partial charge is 0.355 e. The number of fused-ring (bicyclic) bond motifs is 5. The van der Waals surface area contributed by atoms with E-state index in [9.17, 15) is 14.4 Å². The standard InChI is InChI=1S/C25H31N5O3.HI/c1-26-25(28-14-16-4-6-17(7-5-16)15-29-11-2-3-20(29)31)27-10-12-30-23(32)21-18-8-9-19(13-18)22(21)24(30)33;/h4-9,18-19,21-22H,2-3,10-15H2,1H3,(H2,26,27,28);1H. The molecule has 0 radical (unpaired) electrons. The van der Waals surface area contributed by atoms with Crippen LogP contribution in [0.2, 0.25) is 0 Å². The first-order valence-corrected chi connectivity index (χ1v) is 11.9. The Morgan fingerprint density at radius 3 is 2.24 bits per heavy atom. The van der Waals surface area contributed by atoms with Crippen molar-refractivity contribution in [2.45, 2.75) is 32.4 Å². The lowest BCUT2D eigenvalue weighted by Gasteiger charge is -2.19. The van der Waals surface area contributed by atoms with Crippen LogP contribution < -0.4 is 10.6 Å². The Kier molecular flexibility index (Phi) is 7.59. The average Bonchev–Trinajstić information content (AvgIpc) is 3.59. The highest BCUT2D eigenvalue weighted by Gasteiger charge is 2.58. The van der Waals surface area contributed by atoms with Gasteiger partial charge in [-0.15, -0.1) is 24.0 Å². The number of hydrogen-bond donors (Lipinski definition) is 2. The Morgan fingerprint density at radius 1 is 1.00 bits per heavy atom. The topological polar surface area (TPSA) is 94.1 Å². The molecule has 3 fully saturated rings. The van der Waals surface area contributed by atoms with Gasteiger partial charge in [-0.3, -0.25) is 24.3 Å². The summed E-state index contributed by atoms with van der Waals surface area (Å²) in [7, 11) is 1.70. The Hall–Kier alpha value is -2.43. The number of rotatable bonds is 7. The number of likely N-dealkylation sites (tertiary alicyclic amines) is 2. The number of carbonyl (C=O) groups is 3. The van der Waals surface area contributed by atoms with Gasteiger partial charge in [0.2, 0.25) is 17.7 Å². The predicted octanol–water partition coefficient (Wildman–Crippen LogP) is 1.90. The highest BCUT2D eigenvalue weighted by atomic mass is 127. The van der Waals surface area contributed by atoms with E-state index < -0.39 is 0 Å². The number of carbonyl (C=O) groups excluding carboxylic acids is 3. The van der Waals surface area contributed by atoms with E-state index >= 15 is 0 Å². The molecule has 34 heavy (non-hydrogen) atoms. The van der Waals surface area contributed by atoms with Gasteiger partial charge >= 0.3 is 0 Å². The quantitative estimate of drug-likeness (QED) is 0.170. The molecule has 9 heteroatoms. The molecule has 3 amide bonds. The van der Waals surface area contributed by atoms with E-state index in [1.54, 1.807) is 7.05 Å². The van der Waals surface area contributed by atoms with Crippen molar-refractivity contribution in [2.24, 2.45) is 28.7 Å². The second-order valence-corrected chi connectivity index (χ2v) is 9.42. The van der Waals surface area contributed by atoms with Gasteiger partial charge in [0.25, 0.3) is 0 Å². The summed E-state index contributed by atoms with van der Waals surface area (Å²) >= 11 is 0. The zero-order chi connectivity index (χ0) is 22.9. The normalized spacial score (nSPS) is 27.4. The Balaban J connectivity index is 0.00000274. The molecule has 0 spiro atoms. The highest BCUT2D eigenvalue weighted by molar-refractivity contribution is 14.0. The van der Waals surface area contributed by atoms with Crippen molar-refractivity contribution in [3.8, 4) is 0 Å². The maximum absolute atomic E-state index is 12.8. The number of imide groups is 1. The van der Waals surface area contributed by atoms with E-state index in [0.29, 0.717) is 38.6 Å². The number of amides is 3. The molecule has 8 nitrogen and oxygen atoms in total. The Labute approximate surface area is 217 Å². The predicted molar refractivity (Wildman–Crippen MR) is 139 cm³/mol. The molecule has 1 aromatic rings. The lowest BCUT2D eigenvalue weighted by Crippen LogP contribution is -2.43. The van der Waals surface area contributed by atoms with Gasteiger partial charge in [0.05, 0.1) is 11.8 Å². The summed E-state index contributed by atoms with van der Waals surface area (Å²) in [5, 5.41) is 6.48. The fourth-order valence-corrected chi connectivity index (χ4v) is 5.73. The van der Waals surface area contributed by atoms with E-state index in [2.05, 4.69) is 52.0 Å². The van der Waals surface area contributed by atoms with Crippen LogP contribution >= 0.6 is 24.0 Å². The van der Waals surface area contributed by atoms with Crippen LogP contribution in [0.1, 0.15) is 30.4 Å². The van der Waals surface area contributed by atoms with Crippen molar-refractivity contribution < 1.29 is 14.4 Å². The number of aliphatic imine (C=N–C) groups is 1. The molecule has 0 aromatic heterocycles. The molecule has 2 N–H and O–H groups in total. The lowest BCUT2D eigenvalue weighted by molar-refractivity contribution is -0.140. The summed E-state index contributed by atoms with van der Waals surface area (Å²) < 4.78 is 0. The van der Waals surface area contributed by atoms with Crippen LogP contribution in [-0.4, -0.2) is 60.2 Å². The first-order chi connectivity index (χ1) is 16.0. The van der Waals surface area contributed by atoms with E-state index in [0.717, 1.165) is 30.5 Å². The van der Waals surface area contributed by atoms with Gasteiger partial charge in [-0.05, 0) is 35.8 Å². The van der Waals surface area contributed by atoms with Crippen LogP contribution in [0.3, 0.4) is 0 Å². The van der Waals surface area contributed by atoms with Crippen molar-refractivity contribution in [1.82, 2.24) is 20.4 Å². The van der Waals surface area contributed by atoms with Gasteiger partial charge in [-0.1, -0.05) is 36.4 Å². The van der Waals surface area contributed by atoms with Gasteiger partial charge < -0.3 is 15.5 Å². The number of guanidine groups is 1. The van der Waals surface area contributed by atoms with Crippen LogP contribution in [0.4, 0.5) is 0 Å². The maximum Gasteiger partial charge on any atom is 0.233 e. The van der Waals surface area contributed by atoms with Crippen molar-refractivity contribution in [3.63, 3.8) is 0 Å². The molecule has 1 aromatic carbocycles. The molecule has 182 valence electrons. The molecular weight excluding hydrogens is 545 g/mol. The zero-order valence-electron chi connectivity index (χ0n) is 19.4. The molecule has 4 atom stereocenters. The monoisotopic (exact) mass is 577 g/mol. The summed E-state index contributed by atoms with van der Waals surface area (Å²) in [5.41, 5.74) is 2.24. The molecule has 4 aliphatic rings. The molecule has 2 aliphatic carbocycles. The number of hydrogen-bond acceptors (Lipinski definition) is 4. The van der Waals surface area contributed by atoms with Crippen LogP contribution in [0, 0.1) is 23.7 Å². The SMILES string of the molecule is CN=C(NCCN1C(=O)C2C3C=CC(C3)C2C1=O)NCc1ccc(CN2CCCC2=O)cc1.I. The smallest absolute Gasteiger partial charge is 0.233 e. The second kappa shape index (κ2) is 10.5. The summed E-state index contributed by atoms with van der Waals surface area (Å²) in [6.45, 7) is 2.93. The highest BCUT2D eigenvalue weighted by Crippen LogP contribution is 2.52. The fraction of sp³-hybridized carbons (Fsp3) is 0.520. The van der Waals surface area contributed by atoms with Gasteiger partial charge in [-0.2, -0.15) is 0 Å². The van der Waals surface area contributed by atoms with Gasteiger partial charge in [0.1, 0.15) is 0 Å². The second-order valence-electron chi connectivity index (χ2n) is 9.42. The number of halogens is 1. The van der Waals surface area contributed by atoms with E-state index in [-0.39, 0.29) is 65.4 Å². The molecule has 2 saturated heterocycles. The van der Waals surface area contributed by atoms with E-state index in [1.807, 2.05) is 4.90 Å². The van der Waals surface area contributed by atoms with Crippen LogP contribution in [0.15, 0.2) is 41.4 Å². The number of nitrogens with one attached hydrogen (secondary N) is 2. The van der Waals surface area contributed by atoms with Crippen molar-refractivity contribution in [1.29, 1.82) is 0 Å². The summed E-state index contributed by atoms with van der Waals surface area (Å²) in [4.78, 5) is 44.9. The summed E-state index contributed by atoms with van der Waals surface area (Å²) in [6.07, 6.45) is 6.79. The molecule has 2 aliphatic heterocycles. The van der Waals surface area contributed by atoms with Crippen LogP contribution in [-0.2, 0) is 27.5 Å². The minimum Gasteiger partial charge on any atom is -0.355 e. The van der Waals surface area contributed by atoms with Crippen molar-refractivity contribution in [2.75, 3.05) is 26.7 Å². The zero-order valence-corrected chi connectivity index (χ0v) is 21.7. The maximum atomic E-state index is 12.8. The van der Waals surface area contributed by atoms with Gasteiger partial charge in [0, 0.05) is 46.2 Å². The Bertz CT molecular complexity index is 978. The van der Waals surface area contributed by atoms with Crippen molar-refractivity contribution >= 4 is 47.7 Å². The number of allylic oxidation sites excluding steroid dienone is 2. The molecule has 2 bridgehead atoms. The minimum atomic E-state index is -0.142. The molecule has 1 saturated carbocycles. The van der Waals surface area contributed by atoms with Crippen LogP contribution in [0.25, 0.3) is 0 Å². The molecule has 4 unspecified atom stereocenters. The molecular formula is C25H32IN5O3. The first-order valence-electron chi connectivity index (χ1n) is 11.9. The third-order valence-electron chi connectivity index (χ3n) is 7.44.